The van der Waals surface area contributed by atoms with Crippen LogP contribution in [0, 0.1) is 0 Å². The van der Waals surface area contributed by atoms with Crippen LogP contribution in [0.2, 0.25) is 0 Å². The Morgan fingerprint density at radius 1 is 1.24 bits per heavy atom. The summed E-state index contributed by atoms with van der Waals surface area (Å²) in [4.78, 5) is 13.2. The fourth-order valence-corrected chi connectivity index (χ4v) is 2.40. The molecule has 21 heavy (non-hydrogen) atoms. The number of aryl methyl sites for hydroxylation is 1. The van der Waals surface area contributed by atoms with E-state index < -0.39 is 0 Å². The molecular formula is C13H19N7O. The van der Waals surface area contributed by atoms with Crippen LogP contribution in [0.4, 0.5) is 5.95 Å². The van der Waals surface area contributed by atoms with Crippen molar-refractivity contribution in [2.45, 2.75) is 6.54 Å². The lowest BCUT2D eigenvalue weighted by Crippen LogP contribution is -2.46. The van der Waals surface area contributed by atoms with E-state index in [1.807, 2.05) is 13.2 Å². The maximum absolute atomic E-state index is 5.14. The molecule has 8 heteroatoms. The quantitative estimate of drug-likeness (QED) is 0.780. The third-order valence-electron chi connectivity index (χ3n) is 3.52. The van der Waals surface area contributed by atoms with E-state index in [1.165, 1.54) is 0 Å². The van der Waals surface area contributed by atoms with Crippen molar-refractivity contribution in [1.29, 1.82) is 0 Å². The molecule has 1 aliphatic rings. The Morgan fingerprint density at radius 3 is 2.71 bits per heavy atom. The number of hydrogen-bond acceptors (Lipinski definition) is 7. The zero-order valence-corrected chi connectivity index (χ0v) is 12.3. The number of rotatable bonds is 4. The maximum atomic E-state index is 5.14. The molecule has 1 saturated heterocycles. The van der Waals surface area contributed by atoms with Crippen molar-refractivity contribution in [1.82, 2.24) is 29.9 Å². The Balaban J connectivity index is 1.57. The zero-order valence-electron chi connectivity index (χ0n) is 12.3. The van der Waals surface area contributed by atoms with Crippen LogP contribution in [0.15, 0.2) is 18.5 Å². The van der Waals surface area contributed by atoms with Crippen LogP contribution in [0.5, 0.6) is 5.88 Å². The smallest absolute Gasteiger partial charge is 0.228 e. The highest BCUT2D eigenvalue weighted by atomic mass is 16.5. The van der Waals surface area contributed by atoms with Gasteiger partial charge in [0.15, 0.2) is 0 Å². The molecule has 1 fully saturated rings. The van der Waals surface area contributed by atoms with E-state index in [0.717, 1.165) is 44.4 Å². The van der Waals surface area contributed by atoms with Crippen LogP contribution in [0.25, 0.3) is 0 Å². The number of anilines is 1. The highest BCUT2D eigenvalue weighted by Gasteiger charge is 2.20. The Kier molecular flexibility index (Phi) is 3.96. The Hall–Kier alpha value is -2.22. The average molecular weight is 289 g/mol. The molecule has 0 radical (unpaired) electrons. The van der Waals surface area contributed by atoms with Gasteiger partial charge in [-0.3, -0.25) is 9.58 Å². The van der Waals surface area contributed by atoms with Crippen molar-refractivity contribution in [2.75, 3.05) is 38.2 Å². The molecule has 2 aromatic heterocycles. The van der Waals surface area contributed by atoms with Crippen molar-refractivity contribution in [3.8, 4) is 5.88 Å². The van der Waals surface area contributed by atoms with E-state index >= 15 is 0 Å². The van der Waals surface area contributed by atoms with Crippen LogP contribution in [-0.2, 0) is 13.6 Å². The summed E-state index contributed by atoms with van der Waals surface area (Å²) in [5.74, 6) is 1.33. The molecule has 0 bridgehead atoms. The van der Waals surface area contributed by atoms with E-state index in [4.69, 9.17) is 4.74 Å². The molecule has 0 N–H and O–H groups in total. The Bertz CT molecular complexity index is 592. The Labute approximate surface area is 123 Å². The van der Waals surface area contributed by atoms with Gasteiger partial charge in [-0.25, -0.2) is 4.98 Å². The number of piperazine rings is 1. The van der Waals surface area contributed by atoms with E-state index in [-0.39, 0.29) is 0 Å². The van der Waals surface area contributed by atoms with E-state index in [0.29, 0.717) is 5.88 Å². The first-order valence-corrected chi connectivity index (χ1v) is 6.94. The van der Waals surface area contributed by atoms with Crippen LogP contribution < -0.4 is 9.64 Å². The van der Waals surface area contributed by atoms with Crippen molar-refractivity contribution >= 4 is 5.95 Å². The summed E-state index contributed by atoms with van der Waals surface area (Å²) in [7, 11) is 3.50. The van der Waals surface area contributed by atoms with E-state index in [2.05, 4.69) is 30.1 Å². The number of nitrogens with zero attached hydrogens (tertiary/aromatic N) is 7. The third-order valence-corrected chi connectivity index (χ3v) is 3.52. The van der Waals surface area contributed by atoms with E-state index in [1.54, 1.807) is 24.1 Å². The van der Waals surface area contributed by atoms with Crippen molar-refractivity contribution in [2.24, 2.45) is 7.05 Å². The molecular weight excluding hydrogens is 270 g/mol. The molecule has 1 aliphatic heterocycles. The molecule has 3 rings (SSSR count). The average Bonchev–Trinajstić information content (AvgIpc) is 2.93. The summed E-state index contributed by atoms with van der Waals surface area (Å²) in [6.45, 7) is 4.54. The fourth-order valence-electron chi connectivity index (χ4n) is 2.40. The molecule has 0 unspecified atom stereocenters. The molecule has 0 aliphatic carbocycles. The minimum atomic E-state index is 0.599. The lowest BCUT2D eigenvalue weighted by Gasteiger charge is -2.34. The van der Waals surface area contributed by atoms with Crippen molar-refractivity contribution in [3.05, 3.63) is 24.2 Å². The summed E-state index contributed by atoms with van der Waals surface area (Å²) in [6.07, 6.45) is 3.69. The summed E-state index contributed by atoms with van der Waals surface area (Å²) in [6, 6.07) is 1.76. The molecule has 0 saturated carbocycles. The highest BCUT2D eigenvalue weighted by Crippen LogP contribution is 2.15. The topological polar surface area (TPSA) is 72.2 Å². The van der Waals surface area contributed by atoms with Gasteiger partial charge in [-0.15, -0.1) is 5.10 Å². The third kappa shape index (κ3) is 3.27. The summed E-state index contributed by atoms with van der Waals surface area (Å²) < 4.78 is 6.87. The predicted octanol–water partition coefficient (Wildman–Crippen LogP) is -0.0641. The van der Waals surface area contributed by atoms with Gasteiger partial charge in [0.05, 0.1) is 12.8 Å². The lowest BCUT2D eigenvalue weighted by atomic mass is 10.3. The molecule has 8 nitrogen and oxygen atoms in total. The Morgan fingerprint density at radius 2 is 2.05 bits per heavy atom. The summed E-state index contributed by atoms with van der Waals surface area (Å²) in [5, 5.41) is 8.09. The van der Waals surface area contributed by atoms with Crippen LogP contribution in [-0.4, -0.2) is 63.2 Å². The SMILES string of the molecule is COc1ccnc(N2CCN(Cc3cn(C)nn3)CC2)n1. The number of methoxy groups -OCH3 is 1. The van der Waals surface area contributed by atoms with Gasteiger partial charge in [0, 0.05) is 58.2 Å². The van der Waals surface area contributed by atoms with Crippen LogP contribution in [0.3, 0.4) is 0 Å². The van der Waals surface area contributed by atoms with Gasteiger partial charge in [0.25, 0.3) is 0 Å². The normalized spacial score (nSPS) is 16.2. The summed E-state index contributed by atoms with van der Waals surface area (Å²) in [5.41, 5.74) is 1.00. The molecule has 0 atom stereocenters. The van der Waals surface area contributed by atoms with Crippen molar-refractivity contribution < 1.29 is 4.74 Å². The first-order valence-electron chi connectivity index (χ1n) is 6.94. The monoisotopic (exact) mass is 289 g/mol. The first-order chi connectivity index (χ1) is 10.2. The van der Waals surface area contributed by atoms with Gasteiger partial charge in [-0.2, -0.15) is 4.98 Å². The van der Waals surface area contributed by atoms with E-state index in [9.17, 15) is 0 Å². The van der Waals surface area contributed by atoms with Gasteiger partial charge in [0.2, 0.25) is 11.8 Å². The number of hydrogen-bond donors (Lipinski definition) is 0. The van der Waals surface area contributed by atoms with Gasteiger partial charge in [-0.1, -0.05) is 5.21 Å². The lowest BCUT2D eigenvalue weighted by molar-refractivity contribution is 0.245. The second-order valence-electron chi connectivity index (χ2n) is 5.05. The zero-order chi connectivity index (χ0) is 14.7. The standard InChI is InChI=1S/C13H19N7O/c1-18-9-11(16-17-18)10-19-5-7-20(8-6-19)13-14-4-3-12(15-13)21-2/h3-4,9H,5-8,10H2,1-2H3. The van der Waals surface area contributed by atoms with Gasteiger partial charge < -0.3 is 9.64 Å². The fraction of sp³-hybridized carbons (Fsp3) is 0.538. The summed E-state index contributed by atoms with van der Waals surface area (Å²) >= 11 is 0. The second-order valence-corrected chi connectivity index (χ2v) is 5.05. The van der Waals surface area contributed by atoms with Gasteiger partial charge in [0.1, 0.15) is 0 Å². The minimum absolute atomic E-state index is 0.599. The molecule has 0 aromatic carbocycles. The molecule has 0 amide bonds. The molecule has 3 heterocycles. The number of ether oxygens (including phenoxy) is 1. The van der Waals surface area contributed by atoms with Gasteiger partial charge in [-0.05, 0) is 0 Å². The van der Waals surface area contributed by atoms with Crippen molar-refractivity contribution in [3.63, 3.8) is 0 Å². The molecule has 112 valence electrons. The number of aromatic nitrogens is 5. The molecule has 2 aromatic rings. The van der Waals surface area contributed by atoms with Gasteiger partial charge >= 0.3 is 0 Å². The largest absolute Gasteiger partial charge is 0.481 e. The molecule has 0 spiro atoms. The predicted molar refractivity (Wildman–Crippen MR) is 77.1 cm³/mol. The minimum Gasteiger partial charge on any atom is -0.481 e. The van der Waals surface area contributed by atoms with Crippen LogP contribution >= 0.6 is 0 Å². The second kappa shape index (κ2) is 6.04. The first kappa shape index (κ1) is 13.7. The van der Waals surface area contributed by atoms with Crippen LogP contribution in [0.1, 0.15) is 5.69 Å². The highest BCUT2D eigenvalue weighted by molar-refractivity contribution is 5.32. The maximum Gasteiger partial charge on any atom is 0.228 e.